The van der Waals surface area contributed by atoms with Gasteiger partial charge in [0.1, 0.15) is 0 Å². The van der Waals surface area contributed by atoms with E-state index in [1.807, 2.05) is 6.92 Å². The minimum absolute atomic E-state index is 0.306. The largest absolute Gasteiger partial charge is 0.387 e. The molecule has 98 valence electrons. The van der Waals surface area contributed by atoms with E-state index in [2.05, 4.69) is 20.8 Å². The molecule has 0 heterocycles. The Labute approximate surface area is 104 Å². The summed E-state index contributed by atoms with van der Waals surface area (Å²) in [6.07, 6.45) is 3.69. The first-order chi connectivity index (χ1) is 7.72. The molecule has 3 fully saturated rings. The second-order valence-corrected chi connectivity index (χ2v) is 7.73. The molecule has 0 aromatic heterocycles. The number of hydrogen-bond acceptors (Lipinski definition) is 2. The maximum atomic E-state index is 11.1. The Morgan fingerprint density at radius 1 is 0.941 bits per heavy atom. The molecule has 2 heteroatoms. The van der Waals surface area contributed by atoms with Crippen molar-refractivity contribution in [1.82, 2.24) is 0 Å². The van der Waals surface area contributed by atoms with Crippen LogP contribution in [0, 0.1) is 29.1 Å². The number of hydrogen-bond donors (Lipinski definition) is 2. The van der Waals surface area contributed by atoms with Gasteiger partial charge in [-0.05, 0) is 61.7 Å². The lowest BCUT2D eigenvalue weighted by Gasteiger charge is -2.43. The van der Waals surface area contributed by atoms with Crippen LogP contribution in [0.4, 0.5) is 0 Å². The first-order valence-electron chi connectivity index (χ1n) is 7.16. The summed E-state index contributed by atoms with van der Waals surface area (Å²) in [5, 5.41) is 21.7. The highest BCUT2D eigenvalue weighted by Gasteiger charge is 2.71. The summed E-state index contributed by atoms with van der Waals surface area (Å²) >= 11 is 0. The summed E-state index contributed by atoms with van der Waals surface area (Å²) < 4.78 is 0. The molecule has 0 amide bonds. The maximum absolute atomic E-state index is 11.1. The lowest BCUT2D eigenvalue weighted by atomic mass is 9.71. The minimum Gasteiger partial charge on any atom is -0.387 e. The van der Waals surface area contributed by atoms with Crippen LogP contribution in [-0.4, -0.2) is 21.4 Å². The van der Waals surface area contributed by atoms with Crippen molar-refractivity contribution >= 4 is 0 Å². The van der Waals surface area contributed by atoms with Crippen molar-refractivity contribution < 1.29 is 10.2 Å². The van der Waals surface area contributed by atoms with E-state index in [4.69, 9.17) is 0 Å². The average molecular weight is 238 g/mol. The highest BCUT2D eigenvalue weighted by Crippen LogP contribution is 2.72. The number of rotatable bonds is 0. The van der Waals surface area contributed by atoms with Crippen LogP contribution in [0.25, 0.3) is 0 Å². The molecular weight excluding hydrogens is 212 g/mol. The summed E-state index contributed by atoms with van der Waals surface area (Å²) in [5.74, 6) is 2.20. The predicted octanol–water partition coefficient (Wildman–Crippen LogP) is 2.58. The van der Waals surface area contributed by atoms with Crippen LogP contribution in [0.2, 0.25) is 0 Å². The van der Waals surface area contributed by atoms with E-state index in [-0.39, 0.29) is 0 Å². The summed E-state index contributed by atoms with van der Waals surface area (Å²) in [6, 6.07) is 0. The molecule has 2 nitrogen and oxygen atoms in total. The molecule has 0 aromatic carbocycles. The quantitative estimate of drug-likeness (QED) is 0.681. The predicted molar refractivity (Wildman–Crippen MR) is 67.5 cm³/mol. The Bertz CT molecular complexity index is 347. The lowest BCUT2D eigenvalue weighted by molar-refractivity contribution is -0.170. The second kappa shape index (κ2) is 3.08. The highest BCUT2D eigenvalue weighted by molar-refractivity contribution is 5.20. The fourth-order valence-corrected chi connectivity index (χ4v) is 5.25. The fraction of sp³-hybridized carbons (Fsp3) is 1.00. The van der Waals surface area contributed by atoms with Crippen LogP contribution in [-0.2, 0) is 0 Å². The smallest absolute Gasteiger partial charge is 0.0964 e. The molecular formula is C15H26O2. The third-order valence-electron chi connectivity index (χ3n) is 6.55. The summed E-state index contributed by atoms with van der Waals surface area (Å²) in [5.41, 5.74) is -1.33. The van der Waals surface area contributed by atoms with E-state index < -0.39 is 11.2 Å². The van der Waals surface area contributed by atoms with Crippen LogP contribution in [0.5, 0.6) is 0 Å². The van der Waals surface area contributed by atoms with Crippen molar-refractivity contribution in [3.05, 3.63) is 0 Å². The van der Waals surface area contributed by atoms with Gasteiger partial charge >= 0.3 is 0 Å². The zero-order valence-corrected chi connectivity index (χ0v) is 11.5. The van der Waals surface area contributed by atoms with Crippen molar-refractivity contribution in [2.45, 2.75) is 64.6 Å². The molecule has 3 aliphatic rings. The second-order valence-electron chi connectivity index (χ2n) is 7.73. The van der Waals surface area contributed by atoms with Crippen molar-refractivity contribution in [2.75, 3.05) is 0 Å². The zero-order chi connectivity index (χ0) is 12.6. The number of aliphatic hydroxyl groups is 2. The van der Waals surface area contributed by atoms with Gasteiger partial charge in [-0.3, -0.25) is 0 Å². The zero-order valence-electron chi connectivity index (χ0n) is 11.5. The Kier molecular flexibility index (Phi) is 2.17. The molecule has 0 aromatic rings. The summed E-state index contributed by atoms with van der Waals surface area (Å²) in [4.78, 5) is 0. The van der Waals surface area contributed by atoms with Crippen LogP contribution < -0.4 is 0 Å². The van der Waals surface area contributed by atoms with Gasteiger partial charge in [0.15, 0.2) is 0 Å². The Balaban J connectivity index is 2.03. The molecule has 3 aliphatic carbocycles. The molecule has 0 spiro atoms. The molecule has 17 heavy (non-hydrogen) atoms. The van der Waals surface area contributed by atoms with E-state index in [1.54, 1.807) is 0 Å². The van der Waals surface area contributed by atoms with Gasteiger partial charge in [0.25, 0.3) is 0 Å². The van der Waals surface area contributed by atoms with Crippen molar-refractivity contribution in [3.8, 4) is 0 Å². The van der Waals surface area contributed by atoms with E-state index in [0.29, 0.717) is 29.1 Å². The van der Waals surface area contributed by atoms with Crippen LogP contribution >= 0.6 is 0 Å². The maximum Gasteiger partial charge on any atom is 0.0964 e. The third kappa shape index (κ3) is 1.29. The molecule has 2 N–H and O–H groups in total. The summed E-state index contributed by atoms with van der Waals surface area (Å²) in [6.45, 7) is 8.80. The molecule has 0 saturated heterocycles. The van der Waals surface area contributed by atoms with E-state index >= 15 is 0 Å². The van der Waals surface area contributed by atoms with Gasteiger partial charge in [-0.1, -0.05) is 20.8 Å². The number of fused-ring (bicyclic) bond motifs is 3. The topological polar surface area (TPSA) is 40.5 Å². The van der Waals surface area contributed by atoms with Gasteiger partial charge in [-0.25, -0.2) is 0 Å². The first-order valence-corrected chi connectivity index (χ1v) is 7.16. The van der Waals surface area contributed by atoms with Gasteiger partial charge in [-0.15, -0.1) is 0 Å². The van der Waals surface area contributed by atoms with Gasteiger partial charge < -0.3 is 10.2 Å². The minimum atomic E-state index is -0.883. The molecule has 3 saturated carbocycles. The molecule has 0 radical (unpaired) electrons. The van der Waals surface area contributed by atoms with Gasteiger partial charge in [0.2, 0.25) is 0 Å². The van der Waals surface area contributed by atoms with Crippen LogP contribution in [0.15, 0.2) is 0 Å². The highest BCUT2D eigenvalue weighted by atomic mass is 16.4. The van der Waals surface area contributed by atoms with Crippen LogP contribution in [0.3, 0.4) is 0 Å². The SMILES string of the molecule is C[C@@H]1CC[C@]2(O)[C@@H]1[C@H]1[C@@H](CC[C@]2(C)O)C1(C)C. The third-order valence-corrected chi connectivity index (χ3v) is 6.55. The van der Waals surface area contributed by atoms with E-state index in [9.17, 15) is 10.2 Å². The molecule has 0 bridgehead atoms. The van der Waals surface area contributed by atoms with Gasteiger partial charge in [-0.2, -0.15) is 0 Å². The van der Waals surface area contributed by atoms with Crippen molar-refractivity contribution in [1.29, 1.82) is 0 Å². The van der Waals surface area contributed by atoms with Crippen molar-refractivity contribution in [2.24, 2.45) is 29.1 Å². The standard InChI is InChI=1S/C15H26O2/c1-9-5-8-15(17)11(9)12-10(13(12,2)3)6-7-14(15,4)16/h9-12,16-17H,5-8H2,1-4H3/t9-,10-,11+,12-,14+,15+/m1/s1. The Morgan fingerprint density at radius 2 is 1.59 bits per heavy atom. The van der Waals surface area contributed by atoms with Crippen molar-refractivity contribution in [3.63, 3.8) is 0 Å². The normalized spacial score (nSPS) is 60.4. The Morgan fingerprint density at radius 3 is 2.24 bits per heavy atom. The summed E-state index contributed by atoms with van der Waals surface area (Å²) in [7, 11) is 0. The Hall–Kier alpha value is -0.0800. The average Bonchev–Trinajstić information content (AvgIpc) is 2.62. The van der Waals surface area contributed by atoms with E-state index in [0.717, 1.165) is 25.7 Å². The monoisotopic (exact) mass is 238 g/mol. The van der Waals surface area contributed by atoms with Crippen LogP contribution in [0.1, 0.15) is 53.4 Å². The fourth-order valence-electron chi connectivity index (χ4n) is 5.25. The lowest BCUT2D eigenvalue weighted by Crippen LogP contribution is -2.55. The molecule has 0 aliphatic heterocycles. The first kappa shape index (κ1) is 12.0. The van der Waals surface area contributed by atoms with E-state index in [1.165, 1.54) is 0 Å². The van der Waals surface area contributed by atoms with Gasteiger partial charge in [0.05, 0.1) is 11.2 Å². The molecule has 6 atom stereocenters. The van der Waals surface area contributed by atoms with Gasteiger partial charge in [0, 0.05) is 0 Å². The molecule has 0 unspecified atom stereocenters. The molecule has 3 rings (SSSR count).